The van der Waals surface area contributed by atoms with Gasteiger partial charge in [-0.25, -0.2) is 4.79 Å². The molecule has 86 valence electrons. The third-order valence-corrected chi connectivity index (χ3v) is 3.05. The predicted octanol–water partition coefficient (Wildman–Crippen LogP) is 2.98. The highest BCUT2D eigenvalue weighted by molar-refractivity contribution is 9.10. The Morgan fingerprint density at radius 1 is 1.59 bits per heavy atom. The maximum Gasteiger partial charge on any atom is 0.354 e. The second-order valence-corrected chi connectivity index (χ2v) is 4.25. The summed E-state index contributed by atoms with van der Waals surface area (Å²) in [5.74, 6) is -0.417. The zero-order valence-corrected chi connectivity index (χ0v) is 10.7. The van der Waals surface area contributed by atoms with Gasteiger partial charge in [0.2, 0.25) is 0 Å². The van der Waals surface area contributed by atoms with Gasteiger partial charge in [-0.3, -0.25) is 0 Å². The summed E-state index contributed by atoms with van der Waals surface area (Å²) in [5, 5.41) is 9.77. The average molecular weight is 293 g/mol. The fraction of sp³-hybridized carbons (Fsp3) is 0.167. The SMILES string of the molecule is CCOC(=O)c1cc2c(Br)ccc(C#N)c2[nH]1. The van der Waals surface area contributed by atoms with Crippen LogP contribution in [0.3, 0.4) is 0 Å². The number of nitrogens with one attached hydrogen (secondary N) is 1. The van der Waals surface area contributed by atoms with Crippen LogP contribution in [0.25, 0.3) is 10.9 Å². The molecule has 0 spiro atoms. The van der Waals surface area contributed by atoms with Crippen LogP contribution in [-0.2, 0) is 4.74 Å². The summed E-state index contributed by atoms with van der Waals surface area (Å²) in [4.78, 5) is 14.5. The normalized spacial score (nSPS) is 10.2. The van der Waals surface area contributed by atoms with Crippen molar-refractivity contribution in [3.8, 4) is 6.07 Å². The van der Waals surface area contributed by atoms with E-state index in [1.165, 1.54) is 0 Å². The van der Waals surface area contributed by atoms with E-state index in [2.05, 4.69) is 27.0 Å². The Kier molecular flexibility index (Phi) is 3.16. The third kappa shape index (κ3) is 2.04. The topological polar surface area (TPSA) is 65.9 Å². The number of benzene rings is 1. The molecule has 0 aliphatic heterocycles. The van der Waals surface area contributed by atoms with Crippen LogP contribution in [-0.4, -0.2) is 17.6 Å². The highest BCUT2D eigenvalue weighted by atomic mass is 79.9. The molecule has 0 aliphatic rings. The van der Waals surface area contributed by atoms with Gasteiger partial charge >= 0.3 is 5.97 Å². The molecule has 0 aliphatic carbocycles. The van der Waals surface area contributed by atoms with Crippen LogP contribution in [0.1, 0.15) is 23.0 Å². The maximum atomic E-state index is 11.6. The van der Waals surface area contributed by atoms with Gasteiger partial charge in [-0.05, 0) is 25.1 Å². The van der Waals surface area contributed by atoms with Crippen molar-refractivity contribution in [3.63, 3.8) is 0 Å². The van der Waals surface area contributed by atoms with Crippen molar-refractivity contribution in [3.05, 3.63) is 33.9 Å². The predicted molar refractivity (Wildman–Crippen MR) is 66.7 cm³/mol. The maximum absolute atomic E-state index is 11.6. The number of nitrogens with zero attached hydrogens (tertiary/aromatic N) is 1. The Balaban J connectivity index is 2.61. The lowest BCUT2D eigenvalue weighted by atomic mass is 10.1. The van der Waals surface area contributed by atoms with E-state index in [1.807, 2.05) is 0 Å². The molecule has 5 heteroatoms. The molecule has 0 saturated carbocycles. The van der Waals surface area contributed by atoms with Gasteiger partial charge in [0.05, 0.1) is 17.7 Å². The van der Waals surface area contributed by atoms with Gasteiger partial charge in [0, 0.05) is 9.86 Å². The second kappa shape index (κ2) is 4.60. The molecule has 0 fully saturated rings. The highest BCUT2D eigenvalue weighted by Gasteiger charge is 2.14. The van der Waals surface area contributed by atoms with Crippen LogP contribution in [0.5, 0.6) is 0 Å². The molecule has 0 amide bonds. The van der Waals surface area contributed by atoms with E-state index in [0.717, 1.165) is 9.86 Å². The van der Waals surface area contributed by atoms with E-state index in [-0.39, 0.29) is 0 Å². The Bertz CT molecular complexity index is 625. The summed E-state index contributed by atoms with van der Waals surface area (Å²) in [7, 11) is 0. The van der Waals surface area contributed by atoms with Gasteiger partial charge in [0.25, 0.3) is 0 Å². The van der Waals surface area contributed by atoms with Crippen molar-refractivity contribution in [2.45, 2.75) is 6.92 Å². The lowest BCUT2D eigenvalue weighted by Gasteiger charge is -1.97. The lowest BCUT2D eigenvalue weighted by Crippen LogP contribution is -2.04. The number of aromatic nitrogens is 1. The molecule has 2 aromatic rings. The molecule has 2 rings (SSSR count). The molecule has 1 N–H and O–H groups in total. The Hall–Kier alpha value is -1.80. The van der Waals surface area contributed by atoms with Crippen molar-refractivity contribution < 1.29 is 9.53 Å². The Morgan fingerprint density at radius 2 is 2.35 bits per heavy atom. The molecule has 0 unspecified atom stereocenters. The second-order valence-electron chi connectivity index (χ2n) is 3.40. The molecule has 4 nitrogen and oxygen atoms in total. The lowest BCUT2D eigenvalue weighted by molar-refractivity contribution is 0.0520. The summed E-state index contributed by atoms with van der Waals surface area (Å²) in [6, 6.07) is 7.23. The zero-order valence-electron chi connectivity index (χ0n) is 9.08. The standard InChI is InChI=1S/C12H9BrN2O2/c1-2-17-12(16)10-5-8-9(13)4-3-7(6-14)11(8)15-10/h3-5,15H,2H2,1H3. The van der Waals surface area contributed by atoms with Crippen LogP contribution < -0.4 is 0 Å². The first-order valence-corrected chi connectivity index (χ1v) is 5.85. The van der Waals surface area contributed by atoms with Crippen molar-refractivity contribution in [1.29, 1.82) is 5.26 Å². The quantitative estimate of drug-likeness (QED) is 0.866. The number of hydrogen-bond acceptors (Lipinski definition) is 3. The number of carbonyl (C=O) groups excluding carboxylic acids is 1. The summed E-state index contributed by atoms with van der Waals surface area (Å²) >= 11 is 3.38. The average Bonchev–Trinajstić information content (AvgIpc) is 2.76. The Labute approximate surface area is 106 Å². The van der Waals surface area contributed by atoms with E-state index in [1.54, 1.807) is 25.1 Å². The van der Waals surface area contributed by atoms with Gasteiger partial charge in [-0.1, -0.05) is 15.9 Å². The fourth-order valence-corrected chi connectivity index (χ4v) is 2.04. The first-order valence-electron chi connectivity index (χ1n) is 5.05. The number of H-pyrrole nitrogens is 1. The molecule has 0 saturated heterocycles. The van der Waals surface area contributed by atoms with Gasteiger partial charge < -0.3 is 9.72 Å². The number of fused-ring (bicyclic) bond motifs is 1. The van der Waals surface area contributed by atoms with Crippen LogP contribution in [0, 0.1) is 11.3 Å². The third-order valence-electron chi connectivity index (χ3n) is 2.36. The number of aromatic amines is 1. The van der Waals surface area contributed by atoms with Crippen molar-refractivity contribution in [2.24, 2.45) is 0 Å². The summed E-state index contributed by atoms with van der Waals surface area (Å²) in [6.07, 6.45) is 0. The molecule has 1 aromatic heterocycles. The number of carbonyl (C=O) groups is 1. The van der Waals surface area contributed by atoms with Crippen molar-refractivity contribution in [2.75, 3.05) is 6.61 Å². The summed E-state index contributed by atoms with van der Waals surface area (Å²) in [5.41, 5.74) is 1.49. The summed E-state index contributed by atoms with van der Waals surface area (Å²) < 4.78 is 5.73. The first-order chi connectivity index (χ1) is 8.17. The minimum Gasteiger partial charge on any atom is -0.461 e. The largest absolute Gasteiger partial charge is 0.461 e. The minimum atomic E-state index is -0.417. The van der Waals surface area contributed by atoms with Gasteiger partial charge in [0.15, 0.2) is 0 Å². The monoisotopic (exact) mass is 292 g/mol. The van der Waals surface area contributed by atoms with Gasteiger partial charge in [-0.2, -0.15) is 5.26 Å². The number of esters is 1. The minimum absolute atomic E-state index is 0.320. The van der Waals surface area contributed by atoms with E-state index >= 15 is 0 Å². The van der Waals surface area contributed by atoms with Gasteiger partial charge in [-0.15, -0.1) is 0 Å². The Morgan fingerprint density at radius 3 is 3.00 bits per heavy atom. The smallest absolute Gasteiger partial charge is 0.354 e. The number of ether oxygens (including phenoxy) is 1. The zero-order chi connectivity index (χ0) is 12.4. The fourth-order valence-electron chi connectivity index (χ4n) is 1.60. The molecule has 1 heterocycles. The number of rotatable bonds is 2. The van der Waals surface area contributed by atoms with E-state index in [0.29, 0.717) is 23.4 Å². The van der Waals surface area contributed by atoms with Crippen LogP contribution in [0.2, 0.25) is 0 Å². The van der Waals surface area contributed by atoms with Crippen molar-refractivity contribution >= 4 is 32.8 Å². The van der Waals surface area contributed by atoms with Gasteiger partial charge in [0.1, 0.15) is 11.8 Å². The van der Waals surface area contributed by atoms with Crippen LogP contribution in [0.4, 0.5) is 0 Å². The van der Waals surface area contributed by atoms with Crippen LogP contribution >= 0.6 is 15.9 Å². The highest BCUT2D eigenvalue weighted by Crippen LogP contribution is 2.27. The molecule has 0 radical (unpaired) electrons. The molecular formula is C12H9BrN2O2. The number of halogens is 1. The molecule has 0 atom stereocenters. The van der Waals surface area contributed by atoms with E-state index in [4.69, 9.17) is 10.00 Å². The van der Waals surface area contributed by atoms with E-state index in [9.17, 15) is 4.79 Å². The molecule has 17 heavy (non-hydrogen) atoms. The first kappa shape index (κ1) is 11.7. The van der Waals surface area contributed by atoms with Crippen molar-refractivity contribution in [1.82, 2.24) is 4.98 Å². The molecular weight excluding hydrogens is 284 g/mol. The number of nitriles is 1. The molecule has 0 bridgehead atoms. The summed E-state index contributed by atoms with van der Waals surface area (Å²) in [6.45, 7) is 2.07. The van der Waals surface area contributed by atoms with E-state index < -0.39 is 5.97 Å². The number of hydrogen-bond donors (Lipinski definition) is 1. The van der Waals surface area contributed by atoms with Crippen LogP contribution in [0.15, 0.2) is 22.7 Å². The molecule has 1 aromatic carbocycles.